The number of aryl methyl sites for hydroxylation is 1. The molecule has 36 heavy (non-hydrogen) atoms. The third-order valence-corrected chi connectivity index (χ3v) is 6.32. The number of aliphatic hydroxyl groups is 1. The molecule has 10 heteroatoms. The number of pyridine rings is 1. The van der Waals surface area contributed by atoms with Crippen molar-refractivity contribution in [3.05, 3.63) is 59.2 Å². The molecular formula is C26H31FN6O3. The van der Waals surface area contributed by atoms with Crippen molar-refractivity contribution in [1.82, 2.24) is 25.1 Å². The molecule has 2 aromatic heterocycles. The number of aliphatic hydroxyl groups excluding tert-OH is 1. The predicted octanol–water partition coefficient (Wildman–Crippen LogP) is 3.61. The van der Waals surface area contributed by atoms with Crippen LogP contribution in [-0.2, 0) is 4.79 Å². The summed E-state index contributed by atoms with van der Waals surface area (Å²) in [6.07, 6.45) is 2.24. The first-order valence-corrected chi connectivity index (χ1v) is 11.9. The van der Waals surface area contributed by atoms with Crippen molar-refractivity contribution in [3.63, 3.8) is 0 Å². The Labute approximate surface area is 209 Å². The minimum atomic E-state index is -0.627. The average Bonchev–Trinajstić information content (AvgIpc) is 3.38. The molecule has 0 radical (unpaired) electrons. The molecule has 1 saturated carbocycles. The molecule has 1 aliphatic carbocycles. The molecule has 1 aliphatic rings. The van der Waals surface area contributed by atoms with E-state index in [0.29, 0.717) is 11.5 Å². The normalized spacial score (nSPS) is 18.0. The monoisotopic (exact) mass is 494 g/mol. The number of rotatable bonds is 7. The van der Waals surface area contributed by atoms with Gasteiger partial charge in [-0.1, -0.05) is 26.8 Å². The number of amides is 2. The Kier molecular flexibility index (Phi) is 6.90. The number of nitrogens with one attached hydrogen (secondary N) is 2. The molecule has 2 unspecified atom stereocenters. The second kappa shape index (κ2) is 9.77. The van der Waals surface area contributed by atoms with Crippen LogP contribution in [0.2, 0.25) is 0 Å². The number of carbonyl (C=O) groups excluding carboxylic acids is 2. The van der Waals surface area contributed by atoms with E-state index in [1.807, 2.05) is 27.7 Å². The molecule has 3 N–H and O–H groups in total. The zero-order valence-electron chi connectivity index (χ0n) is 21.0. The van der Waals surface area contributed by atoms with E-state index in [-0.39, 0.29) is 41.9 Å². The third kappa shape index (κ3) is 5.28. The molecule has 9 nitrogen and oxygen atoms in total. The molecule has 1 fully saturated rings. The number of anilines is 1. The molecular weight excluding hydrogens is 463 g/mol. The van der Waals surface area contributed by atoms with Gasteiger partial charge in [-0.3, -0.25) is 9.59 Å². The summed E-state index contributed by atoms with van der Waals surface area (Å²) < 4.78 is 16.5. The van der Waals surface area contributed by atoms with Crippen LogP contribution in [0.3, 0.4) is 0 Å². The van der Waals surface area contributed by atoms with Crippen molar-refractivity contribution >= 4 is 17.6 Å². The highest BCUT2D eigenvalue weighted by atomic mass is 19.1. The number of benzene rings is 1. The molecule has 3 atom stereocenters. The molecule has 2 amide bonds. The molecule has 0 aliphatic heterocycles. The van der Waals surface area contributed by atoms with Crippen molar-refractivity contribution in [2.75, 3.05) is 11.9 Å². The van der Waals surface area contributed by atoms with Crippen molar-refractivity contribution in [2.45, 2.75) is 59.0 Å². The second-order valence-electron chi connectivity index (χ2n) is 10.3. The number of halogens is 1. The molecule has 0 spiro atoms. The largest absolute Gasteiger partial charge is 0.394 e. The minimum absolute atomic E-state index is 0.0322. The lowest BCUT2D eigenvalue weighted by Gasteiger charge is -2.18. The van der Waals surface area contributed by atoms with Crippen LogP contribution in [0.25, 0.3) is 11.5 Å². The maximum absolute atomic E-state index is 14.8. The lowest BCUT2D eigenvalue weighted by Crippen LogP contribution is -2.36. The Morgan fingerprint density at radius 1 is 1.28 bits per heavy atom. The van der Waals surface area contributed by atoms with Gasteiger partial charge >= 0.3 is 0 Å². The highest BCUT2D eigenvalue weighted by molar-refractivity contribution is 6.04. The molecule has 4 rings (SSSR count). The summed E-state index contributed by atoms with van der Waals surface area (Å²) in [6, 6.07) is 7.64. The third-order valence-electron chi connectivity index (χ3n) is 6.32. The quantitative estimate of drug-likeness (QED) is 0.461. The van der Waals surface area contributed by atoms with E-state index in [0.717, 1.165) is 17.5 Å². The van der Waals surface area contributed by atoms with E-state index in [1.54, 1.807) is 35.8 Å². The summed E-state index contributed by atoms with van der Waals surface area (Å²) in [5, 5.41) is 23.1. The van der Waals surface area contributed by atoms with Crippen LogP contribution in [0.5, 0.6) is 0 Å². The number of aromatic nitrogens is 4. The summed E-state index contributed by atoms with van der Waals surface area (Å²) in [5.41, 5.74) is 1.44. The van der Waals surface area contributed by atoms with E-state index in [4.69, 9.17) is 0 Å². The maximum atomic E-state index is 14.8. The Morgan fingerprint density at radius 3 is 2.72 bits per heavy atom. The van der Waals surface area contributed by atoms with Crippen molar-refractivity contribution in [3.8, 4) is 11.5 Å². The number of nitrogens with zero attached hydrogens (tertiary/aromatic N) is 4. The van der Waals surface area contributed by atoms with E-state index in [2.05, 4.69) is 25.8 Å². The zero-order valence-corrected chi connectivity index (χ0v) is 21.0. The number of hydrogen-bond donors (Lipinski definition) is 3. The van der Waals surface area contributed by atoms with Crippen molar-refractivity contribution < 1.29 is 19.1 Å². The summed E-state index contributed by atoms with van der Waals surface area (Å²) >= 11 is 0. The summed E-state index contributed by atoms with van der Waals surface area (Å²) in [4.78, 5) is 29.8. The predicted molar refractivity (Wildman–Crippen MR) is 133 cm³/mol. The van der Waals surface area contributed by atoms with Gasteiger partial charge in [0.2, 0.25) is 5.91 Å². The number of carbonyl (C=O) groups is 2. The van der Waals surface area contributed by atoms with Crippen molar-refractivity contribution in [1.29, 1.82) is 0 Å². The van der Waals surface area contributed by atoms with Crippen LogP contribution in [0.4, 0.5) is 10.2 Å². The summed E-state index contributed by atoms with van der Waals surface area (Å²) in [7, 11) is 0. The van der Waals surface area contributed by atoms with Gasteiger partial charge in [-0.25, -0.2) is 9.37 Å². The van der Waals surface area contributed by atoms with Crippen LogP contribution in [-0.4, -0.2) is 49.3 Å². The number of hydrogen-bond acceptors (Lipinski definition) is 6. The van der Waals surface area contributed by atoms with Gasteiger partial charge in [0, 0.05) is 17.4 Å². The SMILES string of the molecule is Cc1cc(F)c(C(=O)Nc2cccc(-c3nncn3[C@H](C)CO)n2)cc1C1CC1NC(=O)C(C)(C)C. The maximum Gasteiger partial charge on any atom is 0.259 e. The lowest BCUT2D eigenvalue weighted by molar-refractivity contribution is -0.128. The van der Waals surface area contributed by atoms with Crippen LogP contribution in [0.1, 0.15) is 67.6 Å². The highest BCUT2D eigenvalue weighted by Crippen LogP contribution is 2.43. The Hall–Kier alpha value is -3.66. The van der Waals surface area contributed by atoms with Crippen LogP contribution in [0.15, 0.2) is 36.7 Å². The van der Waals surface area contributed by atoms with Crippen LogP contribution < -0.4 is 10.6 Å². The van der Waals surface area contributed by atoms with Crippen LogP contribution in [0, 0.1) is 18.2 Å². The fourth-order valence-electron chi connectivity index (χ4n) is 4.00. The smallest absolute Gasteiger partial charge is 0.259 e. The first kappa shape index (κ1) is 25.4. The zero-order chi connectivity index (χ0) is 26.2. The van der Waals surface area contributed by atoms with Gasteiger partial charge in [0.05, 0.1) is 18.2 Å². The Bertz CT molecular complexity index is 1300. The van der Waals surface area contributed by atoms with Gasteiger partial charge in [-0.2, -0.15) is 0 Å². The van der Waals surface area contributed by atoms with E-state index in [9.17, 15) is 19.1 Å². The van der Waals surface area contributed by atoms with Crippen LogP contribution >= 0.6 is 0 Å². The van der Waals surface area contributed by atoms with Gasteiger partial charge in [-0.15, -0.1) is 10.2 Å². The van der Waals surface area contributed by atoms with Gasteiger partial charge in [0.15, 0.2) is 5.82 Å². The van der Waals surface area contributed by atoms with Gasteiger partial charge in [0.25, 0.3) is 5.91 Å². The van der Waals surface area contributed by atoms with E-state index in [1.165, 1.54) is 12.4 Å². The Balaban J connectivity index is 1.53. The lowest BCUT2D eigenvalue weighted by atomic mass is 9.95. The fraction of sp³-hybridized carbons (Fsp3) is 0.423. The topological polar surface area (TPSA) is 122 Å². The first-order chi connectivity index (χ1) is 17.0. The molecule has 190 valence electrons. The van der Waals surface area contributed by atoms with Gasteiger partial charge in [0.1, 0.15) is 23.7 Å². The second-order valence-corrected chi connectivity index (χ2v) is 10.3. The molecule has 3 aromatic rings. The average molecular weight is 495 g/mol. The first-order valence-electron chi connectivity index (χ1n) is 11.9. The van der Waals surface area contributed by atoms with Gasteiger partial charge in [-0.05, 0) is 55.7 Å². The fourth-order valence-corrected chi connectivity index (χ4v) is 4.00. The highest BCUT2D eigenvalue weighted by Gasteiger charge is 2.42. The molecule has 1 aromatic carbocycles. The summed E-state index contributed by atoms with van der Waals surface area (Å²) in [5.74, 6) is -0.593. The molecule has 0 saturated heterocycles. The summed E-state index contributed by atoms with van der Waals surface area (Å²) in [6.45, 7) is 9.07. The molecule has 2 heterocycles. The Morgan fingerprint density at radius 2 is 2.03 bits per heavy atom. The standard InChI is InChI=1S/C26H31FN6O3/c1-14-9-19(27)18(10-16(14)17-11-21(17)30-25(36)26(3,4)5)24(35)31-22-8-6-7-20(29-22)23-32-28-13-33(23)15(2)12-34/h6-10,13,15,17,21,34H,11-12H2,1-5H3,(H,30,36)(H,29,31,35)/t15-,17?,21?/m1/s1. The van der Waals surface area contributed by atoms with E-state index < -0.39 is 17.1 Å². The minimum Gasteiger partial charge on any atom is -0.394 e. The van der Waals surface area contributed by atoms with Crippen molar-refractivity contribution in [2.24, 2.45) is 5.41 Å². The van der Waals surface area contributed by atoms with Gasteiger partial charge < -0.3 is 20.3 Å². The molecule has 0 bridgehead atoms. The van der Waals surface area contributed by atoms with E-state index >= 15 is 0 Å².